The van der Waals surface area contributed by atoms with Crippen LogP contribution in [0.25, 0.3) is 10.9 Å². The summed E-state index contributed by atoms with van der Waals surface area (Å²) in [5.41, 5.74) is 2.26. The SMILES string of the molecule is CC(C)CCCCNc1ccnc2ccccc12. The van der Waals surface area contributed by atoms with E-state index in [2.05, 4.69) is 48.4 Å². The fourth-order valence-corrected chi connectivity index (χ4v) is 2.15. The van der Waals surface area contributed by atoms with Gasteiger partial charge < -0.3 is 5.32 Å². The Morgan fingerprint density at radius 1 is 1.11 bits per heavy atom. The van der Waals surface area contributed by atoms with Crippen molar-refractivity contribution in [2.45, 2.75) is 33.1 Å². The number of rotatable bonds is 6. The van der Waals surface area contributed by atoms with E-state index in [1.807, 2.05) is 12.3 Å². The van der Waals surface area contributed by atoms with Crippen LogP contribution in [0, 0.1) is 5.92 Å². The van der Waals surface area contributed by atoms with Crippen molar-refractivity contribution in [2.75, 3.05) is 11.9 Å². The molecule has 2 heteroatoms. The number of hydrogen-bond donors (Lipinski definition) is 1. The molecule has 0 fully saturated rings. The molecule has 1 N–H and O–H groups in total. The van der Waals surface area contributed by atoms with Gasteiger partial charge in [-0.05, 0) is 24.5 Å². The maximum Gasteiger partial charge on any atom is 0.0722 e. The van der Waals surface area contributed by atoms with Crippen LogP contribution >= 0.6 is 0 Å². The number of anilines is 1. The summed E-state index contributed by atoms with van der Waals surface area (Å²) < 4.78 is 0. The zero-order valence-electron chi connectivity index (χ0n) is 11.3. The van der Waals surface area contributed by atoms with Gasteiger partial charge in [-0.2, -0.15) is 0 Å². The Kier molecular flexibility index (Phi) is 4.57. The van der Waals surface area contributed by atoms with Crippen LogP contribution in [0.5, 0.6) is 0 Å². The fraction of sp³-hybridized carbons (Fsp3) is 0.438. The number of para-hydroxylation sites is 1. The number of benzene rings is 1. The summed E-state index contributed by atoms with van der Waals surface area (Å²) >= 11 is 0. The van der Waals surface area contributed by atoms with Gasteiger partial charge in [-0.15, -0.1) is 0 Å². The highest BCUT2D eigenvalue weighted by atomic mass is 14.9. The molecule has 18 heavy (non-hydrogen) atoms. The normalized spacial score (nSPS) is 11.1. The van der Waals surface area contributed by atoms with E-state index >= 15 is 0 Å². The first-order valence-electron chi connectivity index (χ1n) is 6.85. The molecule has 1 aromatic heterocycles. The van der Waals surface area contributed by atoms with Crippen molar-refractivity contribution >= 4 is 16.6 Å². The molecule has 0 aliphatic heterocycles. The third kappa shape index (κ3) is 3.46. The number of pyridine rings is 1. The van der Waals surface area contributed by atoms with E-state index in [9.17, 15) is 0 Å². The Morgan fingerprint density at radius 2 is 1.94 bits per heavy atom. The van der Waals surface area contributed by atoms with Gasteiger partial charge in [0.05, 0.1) is 5.52 Å². The second-order valence-corrected chi connectivity index (χ2v) is 5.19. The molecule has 2 aromatic rings. The Morgan fingerprint density at radius 3 is 2.78 bits per heavy atom. The quantitative estimate of drug-likeness (QED) is 0.756. The van der Waals surface area contributed by atoms with Gasteiger partial charge >= 0.3 is 0 Å². The average molecular weight is 242 g/mol. The molecule has 0 atom stereocenters. The number of unbranched alkanes of at least 4 members (excludes halogenated alkanes) is 1. The van der Waals surface area contributed by atoms with Crippen LogP contribution in [0.3, 0.4) is 0 Å². The first kappa shape index (κ1) is 12.9. The van der Waals surface area contributed by atoms with E-state index in [1.165, 1.54) is 30.3 Å². The summed E-state index contributed by atoms with van der Waals surface area (Å²) in [5, 5.41) is 4.73. The molecule has 0 bridgehead atoms. The van der Waals surface area contributed by atoms with Crippen LogP contribution in [0.15, 0.2) is 36.5 Å². The summed E-state index contributed by atoms with van der Waals surface area (Å²) in [4.78, 5) is 4.37. The summed E-state index contributed by atoms with van der Waals surface area (Å²) in [7, 11) is 0. The largest absolute Gasteiger partial charge is 0.384 e. The van der Waals surface area contributed by atoms with E-state index < -0.39 is 0 Å². The first-order chi connectivity index (χ1) is 8.77. The molecule has 2 nitrogen and oxygen atoms in total. The highest BCUT2D eigenvalue weighted by Gasteiger charge is 2.00. The maximum absolute atomic E-state index is 4.37. The molecule has 0 saturated heterocycles. The van der Waals surface area contributed by atoms with Gasteiger partial charge in [0.15, 0.2) is 0 Å². The predicted molar refractivity (Wildman–Crippen MR) is 78.9 cm³/mol. The predicted octanol–water partition coefficient (Wildman–Crippen LogP) is 4.47. The van der Waals surface area contributed by atoms with E-state index in [-0.39, 0.29) is 0 Å². The van der Waals surface area contributed by atoms with E-state index in [4.69, 9.17) is 0 Å². The van der Waals surface area contributed by atoms with Crippen molar-refractivity contribution in [3.8, 4) is 0 Å². The van der Waals surface area contributed by atoms with Crippen molar-refractivity contribution in [1.82, 2.24) is 4.98 Å². The maximum atomic E-state index is 4.37. The van der Waals surface area contributed by atoms with Crippen LogP contribution in [-0.2, 0) is 0 Å². The molecular weight excluding hydrogens is 220 g/mol. The Hall–Kier alpha value is -1.57. The zero-order valence-corrected chi connectivity index (χ0v) is 11.3. The summed E-state index contributed by atoms with van der Waals surface area (Å²) in [5.74, 6) is 0.812. The number of aromatic nitrogens is 1. The van der Waals surface area contributed by atoms with Gasteiger partial charge in [-0.1, -0.05) is 44.9 Å². The van der Waals surface area contributed by atoms with Crippen molar-refractivity contribution in [1.29, 1.82) is 0 Å². The number of fused-ring (bicyclic) bond motifs is 1. The lowest BCUT2D eigenvalue weighted by molar-refractivity contribution is 0.545. The second-order valence-electron chi connectivity index (χ2n) is 5.19. The third-order valence-electron chi connectivity index (χ3n) is 3.17. The monoisotopic (exact) mass is 242 g/mol. The molecule has 0 aliphatic carbocycles. The van der Waals surface area contributed by atoms with Gasteiger partial charge in [0.25, 0.3) is 0 Å². The molecule has 96 valence electrons. The van der Waals surface area contributed by atoms with Crippen LogP contribution in [0.1, 0.15) is 33.1 Å². The minimum Gasteiger partial charge on any atom is -0.384 e. The molecule has 0 amide bonds. The lowest BCUT2D eigenvalue weighted by Crippen LogP contribution is -2.02. The van der Waals surface area contributed by atoms with Gasteiger partial charge in [0, 0.05) is 23.8 Å². The standard InChI is InChI=1S/C16H22N2/c1-13(2)7-5-6-11-17-16-10-12-18-15-9-4-3-8-14(15)16/h3-4,8-10,12-13H,5-7,11H2,1-2H3,(H,17,18). The van der Waals surface area contributed by atoms with Crippen LogP contribution in [0.4, 0.5) is 5.69 Å². The van der Waals surface area contributed by atoms with Crippen LogP contribution in [0.2, 0.25) is 0 Å². The Labute approximate surface area is 109 Å². The molecule has 0 unspecified atom stereocenters. The van der Waals surface area contributed by atoms with Gasteiger partial charge in [-0.25, -0.2) is 0 Å². The zero-order chi connectivity index (χ0) is 12.8. The van der Waals surface area contributed by atoms with Crippen molar-refractivity contribution in [3.63, 3.8) is 0 Å². The van der Waals surface area contributed by atoms with Crippen molar-refractivity contribution in [3.05, 3.63) is 36.5 Å². The van der Waals surface area contributed by atoms with Crippen LogP contribution < -0.4 is 5.32 Å². The molecule has 0 aliphatic rings. The van der Waals surface area contributed by atoms with Gasteiger partial charge in [-0.3, -0.25) is 4.98 Å². The van der Waals surface area contributed by atoms with Gasteiger partial charge in [0.1, 0.15) is 0 Å². The first-order valence-corrected chi connectivity index (χ1v) is 6.85. The molecule has 1 heterocycles. The highest BCUT2D eigenvalue weighted by molar-refractivity contribution is 5.90. The van der Waals surface area contributed by atoms with E-state index in [0.717, 1.165) is 18.0 Å². The number of nitrogens with one attached hydrogen (secondary N) is 1. The molecular formula is C16H22N2. The molecule has 0 spiro atoms. The lowest BCUT2D eigenvalue weighted by atomic mass is 10.1. The molecule has 2 rings (SSSR count). The second kappa shape index (κ2) is 6.39. The Balaban J connectivity index is 1.91. The smallest absolute Gasteiger partial charge is 0.0722 e. The average Bonchev–Trinajstić information content (AvgIpc) is 2.38. The fourth-order valence-electron chi connectivity index (χ4n) is 2.15. The highest BCUT2D eigenvalue weighted by Crippen LogP contribution is 2.20. The van der Waals surface area contributed by atoms with E-state index in [0.29, 0.717) is 0 Å². The molecule has 0 radical (unpaired) electrons. The summed E-state index contributed by atoms with van der Waals surface area (Å²) in [6.07, 6.45) is 5.72. The van der Waals surface area contributed by atoms with Gasteiger partial charge in [0.2, 0.25) is 0 Å². The number of hydrogen-bond acceptors (Lipinski definition) is 2. The van der Waals surface area contributed by atoms with Crippen molar-refractivity contribution in [2.24, 2.45) is 5.92 Å². The minimum absolute atomic E-state index is 0.812. The summed E-state index contributed by atoms with van der Waals surface area (Å²) in [6.45, 7) is 5.61. The molecule has 1 aromatic carbocycles. The van der Waals surface area contributed by atoms with Crippen molar-refractivity contribution < 1.29 is 0 Å². The lowest BCUT2D eigenvalue weighted by Gasteiger charge is -2.09. The Bertz CT molecular complexity index is 486. The minimum atomic E-state index is 0.812. The summed E-state index contributed by atoms with van der Waals surface area (Å²) in [6, 6.07) is 10.3. The topological polar surface area (TPSA) is 24.9 Å². The third-order valence-corrected chi connectivity index (χ3v) is 3.17. The number of nitrogens with zero attached hydrogens (tertiary/aromatic N) is 1. The van der Waals surface area contributed by atoms with Crippen LogP contribution in [-0.4, -0.2) is 11.5 Å². The van der Waals surface area contributed by atoms with E-state index in [1.54, 1.807) is 0 Å². The molecule has 0 saturated carbocycles.